The number of hydrogen-bond acceptors (Lipinski definition) is 3. The SMILES string of the molecule is CCOC(=O)c1cc(C(F)(F)F)ccc1CCC#N. The first-order valence-corrected chi connectivity index (χ1v) is 5.64. The zero-order chi connectivity index (χ0) is 14.5. The third-order valence-electron chi connectivity index (χ3n) is 2.44. The molecule has 0 saturated heterocycles. The van der Waals surface area contributed by atoms with Crippen molar-refractivity contribution in [3.63, 3.8) is 0 Å². The van der Waals surface area contributed by atoms with E-state index in [0.717, 1.165) is 12.1 Å². The predicted octanol–water partition coefficient (Wildman–Crippen LogP) is 3.34. The lowest BCUT2D eigenvalue weighted by Crippen LogP contribution is -2.12. The Balaban J connectivity index is 3.19. The minimum atomic E-state index is -4.52. The summed E-state index contributed by atoms with van der Waals surface area (Å²) in [5.41, 5.74) is -0.656. The fraction of sp³-hybridized carbons (Fsp3) is 0.385. The molecule has 102 valence electrons. The Morgan fingerprint density at radius 3 is 2.63 bits per heavy atom. The Morgan fingerprint density at radius 1 is 1.42 bits per heavy atom. The molecule has 0 aliphatic carbocycles. The number of halogens is 3. The van der Waals surface area contributed by atoms with Crippen LogP contribution in [0.5, 0.6) is 0 Å². The number of rotatable bonds is 4. The molecular weight excluding hydrogens is 259 g/mol. The molecule has 3 nitrogen and oxygen atoms in total. The number of esters is 1. The molecule has 0 spiro atoms. The van der Waals surface area contributed by atoms with Crippen LogP contribution in [0.1, 0.15) is 34.8 Å². The highest BCUT2D eigenvalue weighted by molar-refractivity contribution is 5.91. The van der Waals surface area contributed by atoms with Gasteiger partial charge in [0, 0.05) is 6.42 Å². The average molecular weight is 271 g/mol. The van der Waals surface area contributed by atoms with Crippen LogP contribution in [0.15, 0.2) is 18.2 Å². The van der Waals surface area contributed by atoms with Gasteiger partial charge in [0.2, 0.25) is 0 Å². The van der Waals surface area contributed by atoms with Crippen LogP contribution >= 0.6 is 0 Å². The van der Waals surface area contributed by atoms with Gasteiger partial charge in [0.25, 0.3) is 0 Å². The number of alkyl halides is 3. The standard InChI is InChI=1S/C13H12F3NO2/c1-2-19-12(18)11-8-10(13(14,15)16)6-5-9(11)4-3-7-17/h5-6,8H,2-4H2,1H3. The van der Waals surface area contributed by atoms with Crippen molar-refractivity contribution in [2.45, 2.75) is 25.9 Å². The summed E-state index contributed by atoms with van der Waals surface area (Å²) >= 11 is 0. The molecule has 0 aliphatic heterocycles. The van der Waals surface area contributed by atoms with E-state index in [0.29, 0.717) is 5.56 Å². The Bertz CT molecular complexity index is 504. The van der Waals surface area contributed by atoms with E-state index in [1.165, 1.54) is 6.07 Å². The van der Waals surface area contributed by atoms with Crippen molar-refractivity contribution in [1.29, 1.82) is 5.26 Å². The van der Waals surface area contributed by atoms with Crippen LogP contribution in [0.2, 0.25) is 0 Å². The first-order chi connectivity index (χ1) is 8.90. The molecular formula is C13H12F3NO2. The molecule has 0 N–H and O–H groups in total. The summed E-state index contributed by atoms with van der Waals surface area (Å²) in [7, 11) is 0. The van der Waals surface area contributed by atoms with Gasteiger partial charge in [-0.3, -0.25) is 0 Å². The number of benzene rings is 1. The van der Waals surface area contributed by atoms with E-state index >= 15 is 0 Å². The van der Waals surface area contributed by atoms with E-state index in [2.05, 4.69) is 0 Å². The third-order valence-corrected chi connectivity index (χ3v) is 2.44. The molecule has 0 fully saturated rings. The van der Waals surface area contributed by atoms with Crippen molar-refractivity contribution >= 4 is 5.97 Å². The lowest BCUT2D eigenvalue weighted by atomic mass is 10.00. The average Bonchev–Trinajstić information content (AvgIpc) is 2.35. The van der Waals surface area contributed by atoms with Crippen LogP contribution in [-0.2, 0) is 17.3 Å². The monoisotopic (exact) mass is 271 g/mol. The lowest BCUT2D eigenvalue weighted by Gasteiger charge is -2.12. The summed E-state index contributed by atoms with van der Waals surface area (Å²) in [6.45, 7) is 1.65. The molecule has 0 amide bonds. The van der Waals surface area contributed by atoms with Crippen molar-refractivity contribution < 1.29 is 22.7 Å². The second kappa shape index (κ2) is 6.23. The van der Waals surface area contributed by atoms with Crippen molar-refractivity contribution in [3.8, 4) is 6.07 Å². The molecule has 0 aromatic heterocycles. The molecule has 1 aromatic rings. The van der Waals surface area contributed by atoms with Gasteiger partial charge in [0.15, 0.2) is 0 Å². The molecule has 19 heavy (non-hydrogen) atoms. The van der Waals surface area contributed by atoms with Crippen LogP contribution in [0.4, 0.5) is 13.2 Å². The maximum atomic E-state index is 12.6. The first kappa shape index (κ1) is 15.0. The van der Waals surface area contributed by atoms with E-state index < -0.39 is 17.7 Å². The van der Waals surface area contributed by atoms with Gasteiger partial charge in [-0.25, -0.2) is 4.79 Å². The first-order valence-electron chi connectivity index (χ1n) is 5.64. The van der Waals surface area contributed by atoms with Gasteiger partial charge < -0.3 is 4.74 Å². The summed E-state index contributed by atoms with van der Waals surface area (Å²) in [6, 6.07) is 4.77. The van der Waals surface area contributed by atoms with Crippen LogP contribution in [0.25, 0.3) is 0 Å². The Hall–Kier alpha value is -2.03. The number of aryl methyl sites for hydroxylation is 1. The van der Waals surface area contributed by atoms with Crippen LogP contribution in [0.3, 0.4) is 0 Å². The van der Waals surface area contributed by atoms with Gasteiger partial charge in [-0.1, -0.05) is 6.07 Å². The molecule has 0 aliphatic rings. The van der Waals surface area contributed by atoms with Crippen molar-refractivity contribution in [2.24, 2.45) is 0 Å². The molecule has 0 radical (unpaired) electrons. The molecule has 1 rings (SSSR count). The second-order valence-corrected chi connectivity index (χ2v) is 3.75. The van der Waals surface area contributed by atoms with E-state index in [9.17, 15) is 18.0 Å². The quantitative estimate of drug-likeness (QED) is 0.789. The lowest BCUT2D eigenvalue weighted by molar-refractivity contribution is -0.137. The molecule has 0 unspecified atom stereocenters. The number of carbonyl (C=O) groups is 1. The predicted molar refractivity (Wildman–Crippen MR) is 61.3 cm³/mol. The number of hydrogen-bond donors (Lipinski definition) is 0. The Kier molecular flexibility index (Phi) is 4.93. The van der Waals surface area contributed by atoms with Gasteiger partial charge >= 0.3 is 12.1 Å². The third kappa shape index (κ3) is 3.98. The summed E-state index contributed by atoms with van der Waals surface area (Å²) in [5.74, 6) is -0.804. The van der Waals surface area contributed by atoms with Gasteiger partial charge in [0.05, 0.1) is 23.8 Å². The fourth-order valence-electron chi connectivity index (χ4n) is 1.56. The largest absolute Gasteiger partial charge is 0.462 e. The highest BCUT2D eigenvalue weighted by Gasteiger charge is 2.31. The zero-order valence-corrected chi connectivity index (χ0v) is 10.3. The zero-order valence-electron chi connectivity index (χ0n) is 10.3. The summed E-state index contributed by atoms with van der Waals surface area (Å²) in [6.07, 6.45) is -4.18. The summed E-state index contributed by atoms with van der Waals surface area (Å²) in [5, 5.41) is 8.50. The molecule has 0 heterocycles. The maximum Gasteiger partial charge on any atom is 0.416 e. The van der Waals surface area contributed by atoms with Crippen molar-refractivity contribution in [3.05, 3.63) is 34.9 Å². The van der Waals surface area contributed by atoms with Crippen molar-refractivity contribution in [1.82, 2.24) is 0 Å². The number of nitriles is 1. The molecule has 0 saturated carbocycles. The van der Waals surface area contributed by atoms with Crippen LogP contribution in [0, 0.1) is 11.3 Å². The number of ether oxygens (including phenoxy) is 1. The summed E-state index contributed by atoms with van der Waals surface area (Å²) in [4.78, 5) is 11.6. The Labute approximate surface area is 108 Å². The van der Waals surface area contributed by atoms with Gasteiger partial charge in [-0.2, -0.15) is 18.4 Å². The van der Waals surface area contributed by atoms with Gasteiger partial charge in [0.1, 0.15) is 0 Å². The summed E-state index contributed by atoms with van der Waals surface area (Å²) < 4.78 is 42.5. The smallest absolute Gasteiger partial charge is 0.416 e. The molecule has 6 heteroatoms. The van der Waals surface area contributed by atoms with Crippen molar-refractivity contribution in [2.75, 3.05) is 6.61 Å². The van der Waals surface area contributed by atoms with E-state index in [1.54, 1.807) is 6.92 Å². The fourth-order valence-corrected chi connectivity index (χ4v) is 1.56. The minimum Gasteiger partial charge on any atom is -0.462 e. The van der Waals surface area contributed by atoms with E-state index in [4.69, 9.17) is 10.00 Å². The topological polar surface area (TPSA) is 50.1 Å². The highest BCUT2D eigenvalue weighted by Crippen LogP contribution is 2.31. The maximum absolute atomic E-state index is 12.6. The second-order valence-electron chi connectivity index (χ2n) is 3.75. The van der Waals surface area contributed by atoms with E-state index in [-0.39, 0.29) is 25.0 Å². The van der Waals surface area contributed by atoms with Gasteiger partial charge in [-0.05, 0) is 31.0 Å². The highest BCUT2D eigenvalue weighted by atomic mass is 19.4. The Morgan fingerprint density at radius 2 is 2.11 bits per heavy atom. The number of carbonyl (C=O) groups excluding carboxylic acids is 1. The normalized spacial score (nSPS) is 10.9. The van der Waals surface area contributed by atoms with Crippen LogP contribution in [-0.4, -0.2) is 12.6 Å². The molecule has 0 atom stereocenters. The molecule has 0 bridgehead atoms. The molecule has 1 aromatic carbocycles. The van der Waals surface area contributed by atoms with Crippen LogP contribution < -0.4 is 0 Å². The minimum absolute atomic E-state index is 0.0762. The number of nitrogens with zero attached hydrogens (tertiary/aromatic N) is 1. The van der Waals surface area contributed by atoms with Gasteiger partial charge in [-0.15, -0.1) is 0 Å². The van der Waals surface area contributed by atoms with E-state index in [1.807, 2.05) is 6.07 Å².